The van der Waals surface area contributed by atoms with Crippen molar-refractivity contribution in [3.8, 4) is 0 Å². The normalized spacial score (nSPS) is 22.2. The average molecular weight is 268 g/mol. The van der Waals surface area contributed by atoms with Gasteiger partial charge >= 0.3 is 5.97 Å². The van der Waals surface area contributed by atoms with E-state index < -0.39 is 5.97 Å². The molecule has 0 aromatic rings. The van der Waals surface area contributed by atoms with E-state index in [1.54, 1.807) is 0 Å². The lowest BCUT2D eigenvalue weighted by molar-refractivity contribution is -0.137. The minimum atomic E-state index is -0.675. The maximum absolute atomic E-state index is 10.6. The van der Waals surface area contributed by atoms with Gasteiger partial charge in [0.2, 0.25) is 0 Å². The van der Waals surface area contributed by atoms with Gasteiger partial charge in [0.05, 0.1) is 6.10 Å². The Morgan fingerprint density at radius 1 is 1.16 bits per heavy atom. The first-order valence-electron chi connectivity index (χ1n) is 7.99. The van der Waals surface area contributed by atoms with E-state index in [9.17, 15) is 9.90 Å². The highest BCUT2D eigenvalue weighted by Gasteiger charge is 2.41. The van der Waals surface area contributed by atoms with Crippen molar-refractivity contribution in [1.82, 2.24) is 0 Å². The van der Waals surface area contributed by atoms with Gasteiger partial charge in [-0.05, 0) is 49.9 Å². The van der Waals surface area contributed by atoms with Crippen LogP contribution >= 0.6 is 0 Å². The smallest absolute Gasteiger partial charge is 0.303 e. The van der Waals surface area contributed by atoms with Crippen molar-refractivity contribution in [2.45, 2.75) is 83.2 Å². The molecule has 0 heterocycles. The Balaban J connectivity index is 1.49. The fraction of sp³-hybridized carbons (Fsp3) is 0.938. The fourth-order valence-corrected chi connectivity index (χ4v) is 3.08. The van der Waals surface area contributed by atoms with Crippen LogP contribution in [-0.4, -0.2) is 22.3 Å². The monoisotopic (exact) mass is 268 g/mol. The molecule has 3 heteroatoms. The van der Waals surface area contributed by atoms with Gasteiger partial charge in [-0.15, -0.1) is 0 Å². The Bertz CT molecular complexity index is 292. The third-order valence-corrected chi connectivity index (χ3v) is 4.92. The molecule has 0 aromatic carbocycles. The van der Waals surface area contributed by atoms with E-state index in [-0.39, 0.29) is 6.10 Å². The van der Waals surface area contributed by atoms with E-state index in [0.29, 0.717) is 11.8 Å². The van der Waals surface area contributed by atoms with Crippen molar-refractivity contribution in [2.24, 2.45) is 11.3 Å². The molecule has 0 bridgehead atoms. The topological polar surface area (TPSA) is 57.5 Å². The number of carbonyl (C=O) groups is 1. The number of carboxylic acids is 1. The maximum atomic E-state index is 10.6. The summed E-state index contributed by atoms with van der Waals surface area (Å²) >= 11 is 0. The molecule has 2 aliphatic rings. The molecule has 0 radical (unpaired) electrons. The summed E-state index contributed by atoms with van der Waals surface area (Å²) in [5.74, 6) is 0.296. The predicted octanol–water partition coefficient (Wildman–Crippen LogP) is 3.74. The molecule has 110 valence electrons. The third-order valence-electron chi connectivity index (χ3n) is 4.92. The molecule has 0 aliphatic heterocycles. The highest BCUT2D eigenvalue weighted by atomic mass is 16.4. The van der Waals surface area contributed by atoms with Gasteiger partial charge in [-0.25, -0.2) is 0 Å². The Kier molecular flexibility index (Phi) is 5.26. The first kappa shape index (κ1) is 14.8. The lowest BCUT2D eigenvalue weighted by Gasteiger charge is -2.15. The quantitative estimate of drug-likeness (QED) is 0.600. The second-order valence-electron chi connectivity index (χ2n) is 6.81. The van der Waals surface area contributed by atoms with Gasteiger partial charge in [0, 0.05) is 6.42 Å². The van der Waals surface area contributed by atoms with Crippen molar-refractivity contribution in [3.63, 3.8) is 0 Å². The molecule has 2 rings (SSSR count). The first-order valence-corrected chi connectivity index (χ1v) is 7.99. The number of aliphatic carboxylic acids is 1. The molecule has 0 aromatic heterocycles. The maximum Gasteiger partial charge on any atom is 0.303 e. The molecule has 2 saturated carbocycles. The zero-order chi connectivity index (χ0) is 13.7. The van der Waals surface area contributed by atoms with E-state index in [2.05, 4.69) is 0 Å². The Morgan fingerprint density at radius 2 is 1.84 bits per heavy atom. The van der Waals surface area contributed by atoms with Crippen LogP contribution in [-0.2, 0) is 4.79 Å². The summed E-state index contributed by atoms with van der Waals surface area (Å²) in [5, 5.41) is 18.6. The number of aliphatic hydroxyl groups is 1. The number of hydrogen-bond donors (Lipinski definition) is 2. The Labute approximate surface area is 116 Å². The van der Waals surface area contributed by atoms with Crippen molar-refractivity contribution >= 4 is 5.97 Å². The van der Waals surface area contributed by atoms with Gasteiger partial charge in [-0.3, -0.25) is 4.79 Å². The Morgan fingerprint density at radius 3 is 2.42 bits per heavy atom. The van der Waals surface area contributed by atoms with Crippen LogP contribution in [0.3, 0.4) is 0 Å². The van der Waals surface area contributed by atoms with Gasteiger partial charge in [-0.2, -0.15) is 0 Å². The molecule has 1 atom stereocenters. The van der Waals surface area contributed by atoms with Gasteiger partial charge in [0.15, 0.2) is 0 Å². The Hall–Kier alpha value is -0.570. The fourth-order valence-electron chi connectivity index (χ4n) is 3.08. The first-order chi connectivity index (χ1) is 9.10. The second-order valence-corrected chi connectivity index (χ2v) is 6.81. The van der Waals surface area contributed by atoms with E-state index in [4.69, 9.17) is 5.11 Å². The highest BCUT2D eigenvalue weighted by Crippen LogP contribution is 2.53. The van der Waals surface area contributed by atoms with Crippen LogP contribution in [0, 0.1) is 11.3 Å². The van der Waals surface area contributed by atoms with Crippen LogP contribution in [0.25, 0.3) is 0 Å². The lowest BCUT2D eigenvalue weighted by Crippen LogP contribution is -2.09. The molecule has 2 fully saturated rings. The molecule has 1 unspecified atom stereocenters. The zero-order valence-corrected chi connectivity index (χ0v) is 11.9. The van der Waals surface area contributed by atoms with Gasteiger partial charge in [-0.1, -0.05) is 32.1 Å². The molecule has 2 aliphatic carbocycles. The summed E-state index contributed by atoms with van der Waals surface area (Å²) in [6.07, 6.45) is 12.7. The summed E-state index contributed by atoms with van der Waals surface area (Å²) < 4.78 is 0. The van der Waals surface area contributed by atoms with E-state index >= 15 is 0 Å². The van der Waals surface area contributed by atoms with Crippen LogP contribution in [0.15, 0.2) is 0 Å². The van der Waals surface area contributed by atoms with Crippen LogP contribution in [0.1, 0.15) is 77.0 Å². The minimum absolute atomic E-state index is 0.131. The second kappa shape index (κ2) is 6.74. The van der Waals surface area contributed by atoms with Gasteiger partial charge in [0.25, 0.3) is 0 Å². The highest BCUT2D eigenvalue weighted by molar-refractivity contribution is 5.66. The van der Waals surface area contributed by atoms with E-state index in [1.165, 1.54) is 38.5 Å². The number of rotatable bonds is 11. The molecule has 0 amide bonds. The van der Waals surface area contributed by atoms with E-state index in [1.807, 2.05) is 0 Å². The molecule has 3 nitrogen and oxygen atoms in total. The van der Waals surface area contributed by atoms with Crippen molar-refractivity contribution in [1.29, 1.82) is 0 Å². The molecular weight excluding hydrogens is 240 g/mol. The summed E-state index contributed by atoms with van der Waals surface area (Å²) in [4.78, 5) is 10.6. The molecule has 19 heavy (non-hydrogen) atoms. The summed E-state index contributed by atoms with van der Waals surface area (Å²) in [5.41, 5.74) is 0.326. The SMILES string of the molecule is O=C(O)CCC1(CCCC(O)CCCC2CC2)CC1. The number of carboxylic acid groups (broad SMARTS) is 1. The predicted molar refractivity (Wildman–Crippen MR) is 75.0 cm³/mol. The van der Waals surface area contributed by atoms with Crippen molar-refractivity contribution in [2.75, 3.05) is 0 Å². The lowest BCUT2D eigenvalue weighted by atomic mass is 9.92. The van der Waals surface area contributed by atoms with Crippen molar-refractivity contribution < 1.29 is 15.0 Å². The standard InChI is InChI=1S/C16H28O3/c17-14(4-1-3-13-6-7-13)5-2-9-16(11-12-16)10-8-15(18)19/h13-14,17H,1-12H2,(H,18,19). The summed E-state index contributed by atoms with van der Waals surface area (Å²) in [7, 11) is 0. The van der Waals surface area contributed by atoms with Gasteiger partial charge < -0.3 is 10.2 Å². The number of aliphatic hydroxyl groups excluding tert-OH is 1. The van der Waals surface area contributed by atoms with Crippen LogP contribution in [0.4, 0.5) is 0 Å². The summed E-state index contributed by atoms with van der Waals surface area (Å²) in [6.45, 7) is 0. The summed E-state index contributed by atoms with van der Waals surface area (Å²) in [6, 6.07) is 0. The van der Waals surface area contributed by atoms with Crippen molar-refractivity contribution in [3.05, 3.63) is 0 Å². The average Bonchev–Trinajstić information content (AvgIpc) is 3.22. The molecule has 2 N–H and O–H groups in total. The van der Waals surface area contributed by atoms with Crippen LogP contribution in [0.2, 0.25) is 0 Å². The van der Waals surface area contributed by atoms with E-state index in [0.717, 1.165) is 38.0 Å². The molecular formula is C16H28O3. The largest absolute Gasteiger partial charge is 0.481 e. The number of hydrogen-bond acceptors (Lipinski definition) is 2. The minimum Gasteiger partial charge on any atom is -0.481 e. The van der Waals surface area contributed by atoms with Gasteiger partial charge in [0.1, 0.15) is 0 Å². The zero-order valence-electron chi connectivity index (χ0n) is 11.9. The third kappa shape index (κ3) is 5.94. The van der Waals surface area contributed by atoms with Crippen LogP contribution in [0.5, 0.6) is 0 Å². The molecule has 0 spiro atoms. The van der Waals surface area contributed by atoms with Crippen LogP contribution < -0.4 is 0 Å². The molecule has 0 saturated heterocycles.